The number of alkyl halides is 3. The van der Waals surface area contributed by atoms with Crippen molar-refractivity contribution in [2.45, 2.75) is 6.18 Å². The first-order chi connectivity index (χ1) is 13.1. The lowest BCUT2D eigenvalue weighted by Crippen LogP contribution is -2.04. The minimum absolute atomic E-state index is 0.354. The number of halogens is 3. The van der Waals surface area contributed by atoms with Crippen molar-refractivity contribution < 1.29 is 33.6 Å². The molecule has 0 heterocycles. The van der Waals surface area contributed by atoms with E-state index in [9.17, 15) is 33.6 Å². The highest BCUT2D eigenvalue weighted by Gasteiger charge is 2.30. The summed E-state index contributed by atoms with van der Waals surface area (Å²) in [6, 6.07) is 9.87. The van der Waals surface area contributed by atoms with Gasteiger partial charge in [0.1, 0.15) is 0 Å². The fraction of sp³-hybridized carbons (Fsp3) is 0.0476. The van der Waals surface area contributed by atoms with E-state index in [1.54, 1.807) is 6.08 Å². The summed E-state index contributed by atoms with van der Waals surface area (Å²) in [5, 5.41) is 39.4. The maximum absolute atomic E-state index is 12.8. The Bertz CT molecular complexity index is 1070. The van der Waals surface area contributed by atoms with Crippen molar-refractivity contribution in [1.82, 2.24) is 0 Å². The quantitative estimate of drug-likeness (QED) is 0.343. The highest BCUT2D eigenvalue weighted by atomic mass is 19.4. The van der Waals surface area contributed by atoms with E-state index in [0.717, 1.165) is 12.1 Å². The predicted molar refractivity (Wildman–Crippen MR) is 97.0 cm³/mol. The zero-order valence-electron chi connectivity index (χ0n) is 14.1. The van der Waals surface area contributed by atoms with E-state index in [2.05, 4.69) is 0 Å². The van der Waals surface area contributed by atoms with E-state index in [1.807, 2.05) is 0 Å². The van der Waals surface area contributed by atoms with Gasteiger partial charge in [-0.05, 0) is 75.9 Å². The van der Waals surface area contributed by atoms with Crippen LogP contribution in [0.5, 0.6) is 23.0 Å². The van der Waals surface area contributed by atoms with Crippen LogP contribution in [-0.2, 0) is 6.18 Å². The van der Waals surface area contributed by atoms with E-state index in [4.69, 9.17) is 0 Å². The number of aromatic hydroxyl groups is 4. The van der Waals surface area contributed by atoms with Crippen LogP contribution in [0.4, 0.5) is 13.2 Å². The van der Waals surface area contributed by atoms with Crippen LogP contribution in [0.2, 0.25) is 0 Å². The number of fused-ring (bicyclic) bond motifs is 3. The van der Waals surface area contributed by atoms with Gasteiger partial charge >= 0.3 is 6.18 Å². The standard InChI is InChI=1S/C21H13F3O4/c22-21(23,24)11-3-1-10(2-4-11)5-12-13-6-17(25)19(27)8-15(13)16-9-20(28)18(26)7-14(12)16/h1-9,25-28H. The van der Waals surface area contributed by atoms with Crippen molar-refractivity contribution in [3.8, 4) is 34.1 Å². The smallest absolute Gasteiger partial charge is 0.416 e. The second kappa shape index (κ2) is 5.95. The third-order valence-corrected chi connectivity index (χ3v) is 4.65. The molecule has 0 saturated carbocycles. The van der Waals surface area contributed by atoms with Crippen LogP contribution in [0.15, 0.2) is 48.5 Å². The maximum Gasteiger partial charge on any atom is 0.416 e. The fourth-order valence-electron chi connectivity index (χ4n) is 3.28. The van der Waals surface area contributed by atoms with Gasteiger partial charge in [-0.15, -0.1) is 0 Å². The molecule has 7 heteroatoms. The molecule has 0 bridgehead atoms. The molecule has 4 nitrogen and oxygen atoms in total. The van der Waals surface area contributed by atoms with Gasteiger partial charge < -0.3 is 20.4 Å². The van der Waals surface area contributed by atoms with Gasteiger partial charge in [0.25, 0.3) is 0 Å². The van der Waals surface area contributed by atoms with E-state index in [1.165, 1.54) is 36.4 Å². The topological polar surface area (TPSA) is 80.9 Å². The Labute approximate surface area is 157 Å². The molecule has 4 N–H and O–H groups in total. The van der Waals surface area contributed by atoms with E-state index < -0.39 is 11.7 Å². The molecule has 3 aromatic rings. The highest BCUT2D eigenvalue weighted by molar-refractivity contribution is 6.07. The third-order valence-electron chi connectivity index (χ3n) is 4.65. The molecular weight excluding hydrogens is 373 g/mol. The molecule has 0 aliphatic heterocycles. The zero-order valence-corrected chi connectivity index (χ0v) is 14.1. The largest absolute Gasteiger partial charge is 0.504 e. The molecule has 0 unspecified atom stereocenters. The van der Waals surface area contributed by atoms with Crippen LogP contribution >= 0.6 is 0 Å². The molecule has 4 rings (SSSR count). The summed E-state index contributed by atoms with van der Waals surface area (Å²) in [6.45, 7) is 0. The summed E-state index contributed by atoms with van der Waals surface area (Å²) in [5.74, 6) is -1.43. The predicted octanol–water partition coefficient (Wildman–Crippen LogP) is 5.10. The Morgan fingerprint density at radius 2 is 1.00 bits per heavy atom. The van der Waals surface area contributed by atoms with Crippen molar-refractivity contribution >= 4 is 11.6 Å². The van der Waals surface area contributed by atoms with Crippen LogP contribution < -0.4 is 0 Å². The van der Waals surface area contributed by atoms with E-state index in [-0.39, 0.29) is 23.0 Å². The van der Waals surface area contributed by atoms with Gasteiger partial charge in [0, 0.05) is 0 Å². The molecule has 142 valence electrons. The molecular formula is C21H13F3O4. The van der Waals surface area contributed by atoms with Crippen LogP contribution in [0, 0.1) is 0 Å². The van der Waals surface area contributed by atoms with Crippen LogP contribution in [0.1, 0.15) is 22.3 Å². The second-order valence-corrected chi connectivity index (χ2v) is 6.45. The van der Waals surface area contributed by atoms with Crippen molar-refractivity contribution in [3.63, 3.8) is 0 Å². The minimum Gasteiger partial charge on any atom is -0.504 e. The van der Waals surface area contributed by atoms with E-state index >= 15 is 0 Å². The van der Waals surface area contributed by atoms with Crippen molar-refractivity contribution in [2.75, 3.05) is 0 Å². The van der Waals surface area contributed by atoms with Crippen molar-refractivity contribution in [3.05, 3.63) is 70.8 Å². The monoisotopic (exact) mass is 386 g/mol. The van der Waals surface area contributed by atoms with Gasteiger partial charge in [-0.25, -0.2) is 0 Å². The zero-order chi connectivity index (χ0) is 20.2. The van der Waals surface area contributed by atoms with Gasteiger partial charge in [-0.1, -0.05) is 12.1 Å². The number of phenolic OH excluding ortho intramolecular Hbond substituents is 4. The Kier molecular flexibility index (Phi) is 3.78. The molecule has 0 fully saturated rings. The lowest BCUT2D eigenvalue weighted by atomic mass is 10.00. The molecule has 0 spiro atoms. The molecule has 0 radical (unpaired) electrons. The summed E-state index contributed by atoms with van der Waals surface area (Å²) < 4.78 is 38.3. The SMILES string of the molecule is Oc1cc2c(cc1O)-c1cc(O)c(O)cc1C2=Cc1ccc(C(F)(F)F)cc1. The first kappa shape index (κ1) is 17.8. The number of phenols is 4. The number of hydrogen-bond acceptors (Lipinski definition) is 4. The Morgan fingerprint density at radius 1 is 0.607 bits per heavy atom. The normalized spacial score (nSPS) is 12.6. The molecule has 0 atom stereocenters. The average molecular weight is 386 g/mol. The Balaban J connectivity index is 1.91. The number of hydrogen-bond donors (Lipinski definition) is 4. The van der Waals surface area contributed by atoms with Gasteiger partial charge in [-0.3, -0.25) is 0 Å². The molecule has 0 aromatic heterocycles. The molecule has 1 aliphatic rings. The van der Waals surface area contributed by atoms with Gasteiger partial charge in [-0.2, -0.15) is 13.2 Å². The average Bonchev–Trinajstić information content (AvgIpc) is 2.88. The molecule has 3 aromatic carbocycles. The molecule has 28 heavy (non-hydrogen) atoms. The van der Waals surface area contributed by atoms with Crippen LogP contribution in [-0.4, -0.2) is 20.4 Å². The lowest BCUT2D eigenvalue weighted by Gasteiger charge is -2.08. The van der Waals surface area contributed by atoms with Gasteiger partial charge in [0.2, 0.25) is 0 Å². The molecule has 0 saturated heterocycles. The van der Waals surface area contributed by atoms with Crippen LogP contribution in [0.3, 0.4) is 0 Å². The van der Waals surface area contributed by atoms with E-state index in [0.29, 0.717) is 33.4 Å². The first-order valence-electron chi connectivity index (χ1n) is 8.17. The Hall–Kier alpha value is -3.61. The fourth-order valence-corrected chi connectivity index (χ4v) is 3.28. The molecule has 1 aliphatic carbocycles. The summed E-state index contributed by atoms with van der Waals surface area (Å²) >= 11 is 0. The lowest BCUT2D eigenvalue weighted by molar-refractivity contribution is -0.137. The Morgan fingerprint density at radius 3 is 1.39 bits per heavy atom. The first-order valence-corrected chi connectivity index (χ1v) is 8.17. The summed E-state index contributed by atoms with van der Waals surface area (Å²) in [4.78, 5) is 0. The summed E-state index contributed by atoms with van der Waals surface area (Å²) in [7, 11) is 0. The van der Waals surface area contributed by atoms with Crippen LogP contribution in [0.25, 0.3) is 22.8 Å². The maximum atomic E-state index is 12.8. The third kappa shape index (κ3) is 2.81. The van der Waals surface area contributed by atoms with Gasteiger partial charge in [0.05, 0.1) is 5.56 Å². The minimum atomic E-state index is -4.44. The number of benzene rings is 3. The summed E-state index contributed by atoms with van der Waals surface area (Å²) in [5.41, 5.74) is 2.27. The van der Waals surface area contributed by atoms with Gasteiger partial charge in [0.15, 0.2) is 23.0 Å². The molecule has 0 amide bonds. The highest BCUT2D eigenvalue weighted by Crippen LogP contribution is 2.51. The second-order valence-electron chi connectivity index (χ2n) is 6.45. The van der Waals surface area contributed by atoms with Crippen molar-refractivity contribution in [1.29, 1.82) is 0 Å². The van der Waals surface area contributed by atoms with Crippen molar-refractivity contribution in [2.24, 2.45) is 0 Å². The summed E-state index contributed by atoms with van der Waals surface area (Å²) in [6.07, 6.45) is -2.83. The number of rotatable bonds is 1.